The fraction of sp³-hybridized carbons (Fsp3) is 0.432. The fourth-order valence-corrected chi connectivity index (χ4v) is 5.62. The van der Waals surface area contributed by atoms with Crippen molar-refractivity contribution in [3.8, 4) is 5.69 Å². The number of rotatable bonds is 12. The third kappa shape index (κ3) is 8.55. The number of aromatic carboxylic acids is 1. The fourth-order valence-electron chi connectivity index (χ4n) is 5.62. The Balaban J connectivity index is 1.84. The molecule has 47 heavy (non-hydrogen) atoms. The van der Waals surface area contributed by atoms with E-state index in [1.54, 1.807) is 43.6 Å². The van der Waals surface area contributed by atoms with Crippen molar-refractivity contribution in [1.29, 1.82) is 0 Å². The van der Waals surface area contributed by atoms with Crippen molar-refractivity contribution in [3.63, 3.8) is 0 Å². The molecule has 1 N–H and O–H groups in total. The second kappa shape index (κ2) is 15.2. The van der Waals surface area contributed by atoms with Gasteiger partial charge in [-0.25, -0.2) is 14.3 Å². The highest BCUT2D eigenvalue weighted by molar-refractivity contribution is 6.01. The molecule has 0 unspecified atom stereocenters. The number of fused-ring (bicyclic) bond motifs is 1. The molecule has 0 fully saturated rings. The summed E-state index contributed by atoms with van der Waals surface area (Å²) in [6.07, 6.45) is 6.98. The minimum atomic E-state index is -1.16. The highest BCUT2D eigenvalue weighted by Gasteiger charge is 2.29. The minimum Gasteiger partial charge on any atom is -0.478 e. The van der Waals surface area contributed by atoms with Gasteiger partial charge in [0.15, 0.2) is 5.69 Å². The molecule has 10 heteroatoms. The lowest BCUT2D eigenvalue weighted by Crippen LogP contribution is -2.36. The Kier molecular flexibility index (Phi) is 11.4. The van der Waals surface area contributed by atoms with Gasteiger partial charge in [0.2, 0.25) is 0 Å². The van der Waals surface area contributed by atoms with E-state index in [0.717, 1.165) is 31.2 Å². The third-order valence-electron chi connectivity index (χ3n) is 8.13. The number of carbonyl (C=O) groups excluding carboxylic acids is 3. The van der Waals surface area contributed by atoms with Crippen molar-refractivity contribution >= 4 is 29.8 Å². The van der Waals surface area contributed by atoms with Gasteiger partial charge in [0.05, 0.1) is 16.8 Å². The van der Waals surface area contributed by atoms with E-state index in [9.17, 15) is 24.3 Å². The Morgan fingerprint density at radius 2 is 1.66 bits per heavy atom. The van der Waals surface area contributed by atoms with Gasteiger partial charge in [-0.15, -0.1) is 0 Å². The number of hydrogen-bond acceptors (Lipinski definition) is 6. The molecule has 0 bridgehead atoms. The van der Waals surface area contributed by atoms with Crippen LogP contribution in [0.5, 0.6) is 0 Å². The van der Waals surface area contributed by atoms with Gasteiger partial charge < -0.3 is 19.6 Å². The Bertz CT molecular complexity index is 1660. The van der Waals surface area contributed by atoms with E-state index >= 15 is 0 Å². The lowest BCUT2D eigenvalue weighted by molar-refractivity contribution is -0.148. The molecule has 4 rings (SSSR count). The summed E-state index contributed by atoms with van der Waals surface area (Å²) < 4.78 is 6.98. The number of nitrogens with zero attached hydrogens (tertiary/aromatic N) is 4. The quantitative estimate of drug-likeness (QED) is 0.177. The molecule has 250 valence electrons. The Labute approximate surface area is 277 Å². The summed E-state index contributed by atoms with van der Waals surface area (Å²) in [5, 5.41) is 14.6. The first kappa shape index (κ1) is 35.1. The van der Waals surface area contributed by atoms with E-state index in [0.29, 0.717) is 49.5 Å². The van der Waals surface area contributed by atoms with Crippen molar-refractivity contribution < 1.29 is 29.0 Å². The van der Waals surface area contributed by atoms with E-state index in [1.807, 2.05) is 18.2 Å². The molecule has 2 aromatic carbocycles. The van der Waals surface area contributed by atoms with Crippen LogP contribution in [0.15, 0.2) is 48.5 Å². The number of carboxylic acid groups (broad SMARTS) is 1. The van der Waals surface area contributed by atoms with Gasteiger partial charge in [-0.1, -0.05) is 51.0 Å². The highest BCUT2D eigenvalue weighted by Crippen LogP contribution is 2.28. The van der Waals surface area contributed by atoms with Crippen LogP contribution in [0.3, 0.4) is 0 Å². The molecule has 2 heterocycles. The lowest BCUT2D eigenvalue weighted by Gasteiger charge is -2.29. The topological polar surface area (TPSA) is 122 Å². The van der Waals surface area contributed by atoms with Crippen molar-refractivity contribution in [2.45, 2.75) is 85.8 Å². The highest BCUT2D eigenvalue weighted by atomic mass is 16.6. The van der Waals surface area contributed by atoms with E-state index in [4.69, 9.17) is 9.84 Å². The van der Waals surface area contributed by atoms with E-state index in [2.05, 4.69) is 19.9 Å². The van der Waals surface area contributed by atoms with Crippen LogP contribution in [0.1, 0.15) is 114 Å². The molecular weight excluding hydrogens is 596 g/mol. The Morgan fingerprint density at radius 3 is 2.28 bits per heavy atom. The molecule has 1 aliphatic heterocycles. The van der Waals surface area contributed by atoms with Crippen LogP contribution < -0.4 is 0 Å². The van der Waals surface area contributed by atoms with Crippen molar-refractivity contribution in [2.75, 3.05) is 19.6 Å². The van der Waals surface area contributed by atoms with Gasteiger partial charge in [-0.3, -0.25) is 9.59 Å². The summed E-state index contributed by atoms with van der Waals surface area (Å²) in [6.45, 7) is 13.2. The largest absolute Gasteiger partial charge is 0.478 e. The van der Waals surface area contributed by atoms with Gasteiger partial charge in [-0.05, 0) is 82.4 Å². The van der Waals surface area contributed by atoms with E-state index in [1.165, 1.54) is 34.5 Å². The van der Waals surface area contributed by atoms with E-state index in [-0.39, 0.29) is 28.6 Å². The van der Waals surface area contributed by atoms with Gasteiger partial charge >= 0.3 is 11.9 Å². The van der Waals surface area contributed by atoms with Gasteiger partial charge in [0, 0.05) is 43.5 Å². The normalized spacial score (nSPS) is 13.0. The molecule has 0 atom stereocenters. The summed E-state index contributed by atoms with van der Waals surface area (Å²) in [4.78, 5) is 56.5. The average Bonchev–Trinajstić information content (AvgIpc) is 3.37. The standard InChI is InChI=1S/C37H46N4O6/c1-7-9-20-39(21-10-8-2)35(44)33-29(16-18-32(42)47-37(4,5)6)25(3)41(38-33)31-17-15-27(36(45)46)23-30(31)34(43)40-22-19-26-13-11-12-14-28(26)24-40/h11-18,23H,7-10,19-22,24H2,1-6H3,(H,45,46). The smallest absolute Gasteiger partial charge is 0.335 e. The molecular formula is C37H46N4O6. The molecule has 1 aliphatic rings. The zero-order valence-electron chi connectivity index (χ0n) is 28.3. The third-order valence-corrected chi connectivity index (χ3v) is 8.13. The number of hydrogen-bond donors (Lipinski definition) is 1. The molecule has 0 saturated heterocycles. The molecule has 0 radical (unpaired) electrons. The number of carbonyl (C=O) groups is 4. The second-order valence-corrected chi connectivity index (χ2v) is 12.9. The van der Waals surface area contributed by atoms with Crippen LogP contribution in [0, 0.1) is 6.92 Å². The maximum absolute atomic E-state index is 14.1. The van der Waals surface area contributed by atoms with Crippen LogP contribution in [0.25, 0.3) is 11.8 Å². The number of benzene rings is 2. The predicted molar refractivity (Wildman–Crippen MR) is 181 cm³/mol. The SMILES string of the molecule is CCCCN(CCCC)C(=O)c1nn(-c2ccc(C(=O)O)cc2C(=O)N2CCc3ccccc3C2)c(C)c1C=CC(=O)OC(C)(C)C. The lowest BCUT2D eigenvalue weighted by atomic mass is 9.98. The van der Waals surface area contributed by atoms with Crippen molar-refractivity contribution in [2.24, 2.45) is 0 Å². The molecule has 1 aromatic heterocycles. The first-order valence-electron chi connectivity index (χ1n) is 16.4. The summed E-state index contributed by atoms with van der Waals surface area (Å²) >= 11 is 0. The predicted octanol–water partition coefficient (Wildman–Crippen LogP) is 6.47. The maximum atomic E-state index is 14.1. The summed E-state index contributed by atoms with van der Waals surface area (Å²) in [5.74, 6) is -2.34. The van der Waals surface area contributed by atoms with Crippen LogP contribution in [0.4, 0.5) is 0 Å². The molecule has 2 amide bonds. The van der Waals surface area contributed by atoms with E-state index < -0.39 is 17.5 Å². The molecule has 3 aromatic rings. The van der Waals surface area contributed by atoms with Gasteiger partial charge in [0.1, 0.15) is 5.60 Å². The van der Waals surface area contributed by atoms with Crippen LogP contribution in [-0.2, 0) is 22.5 Å². The van der Waals surface area contributed by atoms with Crippen LogP contribution in [0.2, 0.25) is 0 Å². The van der Waals surface area contributed by atoms with Crippen LogP contribution >= 0.6 is 0 Å². The number of esters is 1. The minimum absolute atomic E-state index is 0.0361. The first-order chi connectivity index (χ1) is 22.3. The summed E-state index contributed by atoms with van der Waals surface area (Å²) in [5.41, 5.74) is 3.06. The number of unbranched alkanes of at least 4 members (excludes halogenated alkanes) is 2. The number of amides is 2. The molecule has 10 nitrogen and oxygen atoms in total. The first-order valence-corrected chi connectivity index (χ1v) is 16.4. The number of carboxylic acids is 1. The zero-order chi connectivity index (χ0) is 34.3. The number of aromatic nitrogens is 2. The molecule has 0 saturated carbocycles. The Hall–Kier alpha value is -4.73. The van der Waals surface area contributed by atoms with Crippen molar-refractivity contribution in [1.82, 2.24) is 19.6 Å². The molecule has 0 spiro atoms. The van der Waals surface area contributed by atoms with Crippen molar-refractivity contribution in [3.05, 3.63) is 87.7 Å². The van der Waals surface area contributed by atoms with Gasteiger partial charge in [0.25, 0.3) is 11.8 Å². The average molecular weight is 643 g/mol. The summed E-state index contributed by atoms with van der Waals surface area (Å²) in [6, 6.07) is 12.3. The second-order valence-electron chi connectivity index (χ2n) is 12.9. The monoisotopic (exact) mass is 642 g/mol. The zero-order valence-corrected chi connectivity index (χ0v) is 28.3. The summed E-state index contributed by atoms with van der Waals surface area (Å²) in [7, 11) is 0. The van der Waals surface area contributed by atoms with Gasteiger partial charge in [-0.2, -0.15) is 5.10 Å². The molecule has 0 aliphatic carbocycles. The van der Waals surface area contributed by atoms with Crippen LogP contribution in [-0.4, -0.2) is 73.7 Å². The Morgan fingerprint density at radius 1 is 1.00 bits per heavy atom. The maximum Gasteiger partial charge on any atom is 0.335 e. The number of ether oxygens (including phenoxy) is 1.